The van der Waals surface area contributed by atoms with E-state index in [1.165, 1.54) is 0 Å². The first-order valence-electron chi connectivity index (χ1n) is 4.43. The Morgan fingerprint density at radius 1 is 1.23 bits per heavy atom. The fraction of sp³-hybridized carbons (Fsp3) is 1.00. The second kappa shape index (κ2) is 4.28. The lowest BCUT2D eigenvalue weighted by Gasteiger charge is -2.28. The molecule has 1 fully saturated rings. The Kier molecular flexibility index (Phi) is 3.55. The van der Waals surface area contributed by atoms with Gasteiger partial charge in [0.05, 0.1) is 6.10 Å². The van der Waals surface area contributed by atoms with Gasteiger partial charge in [-0.3, -0.25) is 0 Å². The predicted octanol–water partition coefficient (Wildman–Crippen LogP) is 1.84. The van der Waals surface area contributed by atoms with Crippen LogP contribution in [0.5, 0.6) is 0 Å². The number of hydrogen-bond acceptors (Lipinski definition) is 2. The first-order valence-corrected chi connectivity index (χ1v) is 4.43. The van der Waals surface area contributed by atoms with Gasteiger partial charge in [0.25, 0.3) is 0 Å². The quantitative estimate of drug-likeness (QED) is 0.733. The molecule has 1 saturated carbocycles. The summed E-state index contributed by atoms with van der Waals surface area (Å²) in [6.07, 6.45) is -1.32. The molecule has 0 radical (unpaired) electrons. The second-order valence-electron chi connectivity index (χ2n) is 3.41. The minimum absolute atomic E-state index is 0.226. The number of alkyl halides is 3. The zero-order valence-corrected chi connectivity index (χ0v) is 7.31. The van der Waals surface area contributed by atoms with Crippen molar-refractivity contribution in [2.24, 2.45) is 5.73 Å². The number of hydrogen-bond donors (Lipinski definition) is 1. The summed E-state index contributed by atoms with van der Waals surface area (Å²) in [6.45, 7) is -1.18. The molecule has 13 heavy (non-hydrogen) atoms. The predicted molar refractivity (Wildman–Crippen MR) is 42.2 cm³/mol. The first-order chi connectivity index (χ1) is 5.99. The van der Waals surface area contributed by atoms with E-state index < -0.39 is 18.9 Å². The van der Waals surface area contributed by atoms with Crippen molar-refractivity contribution in [3.05, 3.63) is 0 Å². The third-order valence-corrected chi connectivity index (χ3v) is 2.21. The molecule has 0 aliphatic heterocycles. The summed E-state index contributed by atoms with van der Waals surface area (Å²) in [4.78, 5) is 0. The van der Waals surface area contributed by atoms with E-state index in [0.29, 0.717) is 6.42 Å². The number of ether oxygens (including phenoxy) is 1. The topological polar surface area (TPSA) is 35.2 Å². The summed E-state index contributed by atoms with van der Waals surface area (Å²) < 4.78 is 40.0. The van der Waals surface area contributed by atoms with E-state index in [4.69, 9.17) is 10.5 Å². The molecule has 0 spiro atoms. The van der Waals surface area contributed by atoms with Crippen molar-refractivity contribution in [2.75, 3.05) is 6.61 Å². The average molecular weight is 197 g/mol. The summed E-state index contributed by atoms with van der Waals surface area (Å²) in [6, 6.07) is -0.226. The fourth-order valence-corrected chi connectivity index (χ4v) is 1.53. The van der Waals surface area contributed by atoms with Crippen LogP contribution in [0.3, 0.4) is 0 Å². The fourth-order valence-electron chi connectivity index (χ4n) is 1.53. The molecule has 0 aromatic carbocycles. The maximum absolute atomic E-state index is 11.8. The molecule has 0 aromatic rings. The van der Waals surface area contributed by atoms with Crippen molar-refractivity contribution in [3.8, 4) is 0 Å². The SMILES string of the molecule is N[C@@H]1CCCC[C@@H]1OCC(F)(F)F. The van der Waals surface area contributed by atoms with Crippen LogP contribution in [-0.2, 0) is 4.74 Å². The first kappa shape index (κ1) is 10.8. The van der Waals surface area contributed by atoms with Crippen LogP contribution in [0.15, 0.2) is 0 Å². The van der Waals surface area contributed by atoms with Crippen LogP contribution < -0.4 is 5.73 Å². The third kappa shape index (κ3) is 3.95. The highest BCUT2D eigenvalue weighted by molar-refractivity contribution is 4.78. The van der Waals surface area contributed by atoms with Gasteiger partial charge < -0.3 is 10.5 Å². The Balaban J connectivity index is 2.27. The van der Waals surface area contributed by atoms with Gasteiger partial charge in [0.1, 0.15) is 6.61 Å². The number of rotatable bonds is 2. The number of nitrogens with two attached hydrogens (primary N) is 1. The van der Waals surface area contributed by atoms with Crippen LogP contribution in [0.4, 0.5) is 13.2 Å². The van der Waals surface area contributed by atoms with Crippen LogP contribution in [0.2, 0.25) is 0 Å². The summed E-state index contributed by atoms with van der Waals surface area (Å²) in [7, 11) is 0. The molecule has 0 bridgehead atoms. The Labute approximate surface area is 75.2 Å². The van der Waals surface area contributed by atoms with Gasteiger partial charge in [-0.2, -0.15) is 13.2 Å². The van der Waals surface area contributed by atoms with Gasteiger partial charge in [-0.25, -0.2) is 0 Å². The highest BCUT2D eigenvalue weighted by Crippen LogP contribution is 2.22. The molecule has 0 saturated heterocycles. The highest BCUT2D eigenvalue weighted by Gasteiger charge is 2.31. The van der Waals surface area contributed by atoms with E-state index in [0.717, 1.165) is 19.3 Å². The van der Waals surface area contributed by atoms with Gasteiger partial charge in [0, 0.05) is 6.04 Å². The molecule has 2 atom stereocenters. The summed E-state index contributed by atoms with van der Waals surface area (Å²) in [5, 5.41) is 0. The lowest BCUT2D eigenvalue weighted by molar-refractivity contribution is -0.189. The zero-order valence-electron chi connectivity index (χ0n) is 7.31. The summed E-state index contributed by atoms with van der Waals surface area (Å²) in [5.74, 6) is 0. The van der Waals surface area contributed by atoms with Crippen molar-refractivity contribution in [1.82, 2.24) is 0 Å². The van der Waals surface area contributed by atoms with Gasteiger partial charge >= 0.3 is 6.18 Å². The average Bonchev–Trinajstić information content (AvgIpc) is 2.01. The Morgan fingerprint density at radius 3 is 2.38 bits per heavy atom. The molecule has 1 aliphatic rings. The van der Waals surface area contributed by atoms with E-state index in [2.05, 4.69) is 0 Å². The van der Waals surface area contributed by atoms with Crippen molar-refractivity contribution in [3.63, 3.8) is 0 Å². The van der Waals surface area contributed by atoms with Crippen LogP contribution >= 0.6 is 0 Å². The van der Waals surface area contributed by atoms with Crippen molar-refractivity contribution < 1.29 is 17.9 Å². The molecule has 1 rings (SSSR count). The lowest BCUT2D eigenvalue weighted by Crippen LogP contribution is -2.41. The van der Waals surface area contributed by atoms with E-state index in [1.54, 1.807) is 0 Å². The maximum Gasteiger partial charge on any atom is 0.411 e. The van der Waals surface area contributed by atoms with Gasteiger partial charge in [0.2, 0.25) is 0 Å². The van der Waals surface area contributed by atoms with E-state index in [-0.39, 0.29) is 6.04 Å². The normalized spacial score (nSPS) is 30.5. The Bertz CT molecular complexity index is 160. The standard InChI is InChI=1S/C8H14F3NO/c9-8(10,11)5-13-7-4-2-1-3-6(7)12/h6-7H,1-5,12H2/t6-,7+/m1/s1. The van der Waals surface area contributed by atoms with Crippen molar-refractivity contribution in [2.45, 2.75) is 44.0 Å². The molecular formula is C8H14F3NO. The summed E-state index contributed by atoms with van der Waals surface area (Å²) in [5.41, 5.74) is 5.62. The lowest BCUT2D eigenvalue weighted by atomic mass is 9.93. The van der Waals surface area contributed by atoms with Crippen LogP contribution in [0.25, 0.3) is 0 Å². The largest absolute Gasteiger partial charge is 0.411 e. The molecule has 5 heteroatoms. The van der Waals surface area contributed by atoms with Crippen LogP contribution in [0, 0.1) is 0 Å². The van der Waals surface area contributed by atoms with Crippen LogP contribution in [0.1, 0.15) is 25.7 Å². The molecule has 0 aromatic heterocycles. The molecule has 0 heterocycles. The van der Waals surface area contributed by atoms with E-state index in [1.807, 2.05) is 0 Å². The van der Waals surface area contributed by atoms with Crippen molar-refractivity contribution >= 4 is 0 Å². The molecule has 0 amide bonds. The third-order valence-electron chi connectivity index (χ3n) is 2.21. The Hall–Kier alpha value is -0.290. The van der Waals surface area contributed by atoms with Gasteiger partial charge in [0.15, 0.2) is 0 Å². The second-order valence-corrected chi connectivity index (χ2v) is 3.41. The zero-order chi connectivity index (χ0) is 9.90. The van der Waals surface area contributed by atoms with Crippen molar-refractivity contribution in [1.29, 1.82) is 0 Å². The van der Waals surface area contributed by atoms with Crippen LogP contribution in [-0.4, -0.2) is 24.9 Å². The Morgan fingerprint density at radius 2 is 1.85 bits per heavy atom. The molecule has 1 aliphatic carbocycles. The van der Waals surface area contributed by atoms with E-state index in [9.17, 15) is 13.2 Å². The molecule has 2 nitrogen and oxygen atoms in total. The highest BCUT2D eigenvalue weighted by atomic mass is 19.4. The van der Waals surface area contributed by atoms with Gasteiger partial charge in [-0.1, -0.05) is 12.8 Å². The molecule has 2 N–H and O–H groups in total. The monoisotopic (exact) mass is 197 g/mol. The number of halogens is 3. The molecular weight excluding hydrogens is 183 g/mol. The van der Waals surface area contributed by atoms with Gasteiger partial charge in [-0.15, -0.1) is 0 Å². The molecule has 78 valence electrons. The van der Waals surface area contributed by atoms with E-state index >= 15 is 0 Å². The molecule has 0 unspecified atom stereocenters. The summed E-state index contributed by atoms with van der Waals surface area (Å²) >= 11 is 0. The smallest absolute Gasteiger partial charge is 0.367 e. The maximum atomic E-state index is 11.8. The minimum atomic E-state index is -4.24. The van der Waals surface area contributed by atoms with Gasteiger partial charge in [-0.05, 0) is 12.8 Å². The minimum Gasteiger partial charge on any atom is -0.367 e.